The SMILES string of the molecule is NC1NC(c2ccc(F)cc2)(c2ccc(F)cc2)C(=O)N1Cc1ccc(Cl)c(C(=O)N2Cc3ccccc3C2)c1. The molecule has 4 aromatic rings. The number of nitrogens with one attached hydrogen (secondary N) is 1. The first-order valence-corrected chi connectivity index (χ1v) is 13.1. The van der Waals surface area contributed by atoms with Crippen LogP contribution in [0.25, 0.3) is 0 Å². The molecule has 202 valence electrons. The highest BCUT2D eigenvalue weighted by atomic mass is 35.5. The van der Waals surface area contributed by atoms with Gasteiger partial charge in [0.25, 0.3) is 11.8 Å². The van der Waals surface area contributed by atoms with Gasteiger partial charge < -0.3 is 9.80 Å². The molecule has 1 saturated heterocycles. The molecule has 0 spiro atoms. The maximum atomic E-state index is 14.1. The van der Waals surface area contributed by atoms with Gasteiger partial charge in [-0.25, -0.2) is 8.78 Å². The number of amides is 2. The van der Waals surface area contributed by atoms with E-state index in [-0.39, 0.29) is 12.5 Å². The summed E-state index contributed by atoms with van der Waals surface area (Å²) in [6.45, 7) is 1.06. The second kappa shape index (κ2) is 10.1. The van der Waals surface area contributed by atoms with E-state index in [0.717, 1.165) is 11.1 Å². The Balaban J connectivity index is 1.31. The second-order valence-corrected chi connectivity index (χ2v) is 10.4. The number of hydrogen-bond acceptors (Lipinski definition) is 4. The monoisotopic (exact) mass is 558 g/mol. The molecule has 2 aliphatic rings. The second-order valence-electron chi connectivity index (χ2n) is 10.0. The van der Waals surface area contributed by atoms with E-state index in [1.807, 2.05) is 24.3 Å². The summed E-state index contributed by atoms with van der Waals surface area (Å²) in [6, 6.07) is 24.0. The Bertz CT molecular complexity index is 1540. The lowest BCUT2D eigenvalue weighted by molar-refractivity contribution is -0.132. The number of halogens is 3. The molecule has 6 nitrogen and oxygen atoms in total. The fraction of sp³-hybridized carbons (Fsp3) is 0.161. The lowest BCUT2D eigenvalue weighted by atomic mass is 9.82. The quantitative estimate of drug-likeness (QED) is 0.365. The lowest BCUT2D eigenvalue weighted by Crippen LogP contribution is -2.48. The first kappa shape index (κ1) is 26.1. The Kier molecular flexibility index (Phi) is 6.62. The summed E-state index contributed by atoms with van der Waals surface area (Å²) in [4.78, 5) is 30.7. The third kappa shape index (κ3) is 4.44. The van der Waals surface area contributed by atoms with Crippen molar-refractivity contribution in [3.63, 3.8) is 0 Å². The molecule has 3 N–H and O–H groups in total. The van der Waals surface area contributed by atoms with Gasteiger partial charge in [0.15, 0.2) is 5.54 Å². The summed E-state index contributed by atoms with van der Waals surface area (Å²) in [7, 11) is 0. The molecule has 9 heteroatoms. The van der Waals surface area contributed by atoms with Gasteiger partial charge in [0.2, 0.25) is 0 Å². The zero-order valence-electron chi connectivity index (χ0n) is 21.3. The van der Waals surface area contributed by atoms with Crippen molar-refractivity contribution in [3.05, 3.63) is 141 Å². The van der Waals surface area contributed by atoms with Gasteiger partial charge >= 0.3 is 0 Å². The maximum absolute atomic E-state index is 14.1. The summed E-state index contributed by atoms with van der Waals surface area (Å²) < 4.78 is 27.6. The van der Waals surface area contributed by atoms with Gasteiger partial charge in [0.05, 0.1) is 10.6 Å². The summed E-state index contributed by atoms with van der Waals surface area (Å²) in [5, 5.41) is 3.48. The number of benzene rings is 4. The molecule has 0 bridgehead atoms. The van der Waals surface area contributed by atoms with Gasteiger partial charge in [-0.1, -0.05) is 66.2 Å². The molecule has 1 atom stereocenters. The summed E-state index contributed by atoms with van der Waals surface area (Å²) >= 11 is 6.46. The minimum atomic E-state index is -1.47. The molecule has 0 saturated carbocycles. The van der Waals surface area contributed by atoms with Crippen molar-refractivity contribution in [2.45, 2.75) is 31.5 Å². The zero-order valence-corrected chi connectivity index (χ0v) is 22.0. The van der Waals surface area contributed by atoms with Crippen molar-refractivity contribution >= 4 is 23.4 Å². The summed E-state index contributed by atoms with van der Waals surface area (Å²) in [5.74, 6) is -1.51. The minimum Gasteiger partial charge on any atom is -0.330 e. The molecule has 6 rings (SSSR count). The van der Waals surface area contributed by atoms with Gasteiger partial charge in [-0.2, -0.15) is 0 Å². The summed E-state index contributed by atoms with van der Waals surface area (Å²) in [5.41, 5.74) is 9.10. The normalized spacial score (nSPS) is 17.8. The molecular formula is C31H25ClF2N4O2. The highest BCUT2D eigenvalue weighted by molar-refractivity contribution is 6.33. The van der Waals surface area contributed by atoms with E-state index in [4.69, 9.17) is 17.3 Å². The fourth-order valence-corrected chi connectivity index (χ4v) is 5.73. The van der Waals surface area contributed by atoms with Gasteiger partial charge in [-0.05, 0) is 64.2 Å². The third-order valence-electron chi connectivity index (χ3n) is 7.58. The molecule has 1 fully saturated rings. The molecule has 0 radical (unpaired) electrons. The predicted octanol–water partition coefficient (Wildman–Crippen LogP) is 4.89. The topological polar surface area (TPSA) is 78.7 Å². The number of hydrogen-bond donors (Lipinski definition) is 2. The van der Waals surface area contributed by atoms with Gasteiger partial charge in [0.1, 0.15) is 17.9 Å². The molecule has 2 amide bonds. The van der Waals surface area contributed by atoms with Crippen molar-refractivity contribution in [1.29, 1.82) is 0 Å². The number of nitrogens with zero attached hydrogens (tertiary/aromatic N) is 2. The van der Waals surface area contributed by atoms with E-state index in [2.05, 4.69) is 5.32 Å². The third-order valence-corrected chi connectivity index (χ3v) is 7.91. The van der Waals surface area contributed by atoms with Crippen molar-refractivity contribution in [3.8, 4) is 0 Å². The average Bonchev–Trinajstić information content (AvgIpc) is 3.50. The Morgan fingerprint density at radius 2 is 1.45 bits per heavy atom. The largest absolute Gasteiger partial charge is 0.330 e. The van der Waals surface area contributed by atoms with Crippen LogP contribution in [0, 0.1) is 11.6 Å². The Hall–Kier alpha value is -4.11. The van der Waals surface area contributed by atoms with Crippen LogP contribution in [-0.2, 0) is 30.0 Å². The maximum Gasteiger partial charge on any atom is 0.255 e. The van der Waals surface area contributed by atoms with E-state index < -0.39 is 29.4 Å². The number of carbonyl (C=O) groups is 2. The van der Waals surface area contributed by atoms with Crippen molar-refractivity contribution in [2.75, 3.05) is 0 Å². The van der Waals surface area contributed by atoms with Crippen molar-refractivity contribution < 1.29 is 18.4 Å². The van der Waals surface area contributed by atoms with Crippen LogP contribution in [-0.4, -0.2) is 27.9 Å². The molecule has 4 aromatic carbocycles. The molecule has 0 aromatic heterocycles. The zero-order chi connectivity index (χ0) is 28.0. The molecule has 1 unspecified atom stereocenters. The minimum absolute atomic E-state index is 0.0782. The molecule has 0 aliphatic carbocycles. The van der Waals surface area contributed by atoms with Gasteiger partial charge in [-0.15, -0.1) is 0 Å². The van der Waals surface area contributed by atoms with Crippen molar-refractivity contribution in [1.82, 2.24) is 15.1 Å². The number of carbonyl (C=O) groups excluding carboxylic acids is 2. The van der Waals surface area contributed by atoms with Crippen LogP contribution in [0.15, 0.2) is 91.0 Å². The van der Waals surface area contributed by atoms with Crippen LogP contribution in [0.4, 0.5) is 8.78 Å². The smallest absolute Gasteiger partial charge is 0.255 e. The predicted molar refractivity (Wildman–Crippen MR) is 147 cm³/mol. The van der Waals surface area contributed by atoms with Crippen LogP contribution in [0.1, 0.15) is 38.2 Å². The summed E-state index contributed by atoms with van der Waals surface area (Å²) in [6.07, 6.45) is -0.925. The van der Waals surface area contributed by atoms with Crippen LogP contribution < -0.4 is 11.1 Å². The van der Waals surface area contributed by atoms with E-state index in [0.29, 0.717) is 40.4 Å². The van der Waals surface area contributed by atoms with Crippen molar-refractivity contribution in [2.24, 2.45) is 5.73 Å². The van der Waals surface area contributed by atoms with E-state index in [1.54, 1.807) is 23.1 Å². The first-order chi connectivity index (χ1) is 19.3. The Morgan fingerprint density at radius 3 is 2.00 bits per heavy atom. The molecular weight excluding hydrogens is 534 g/mol. The molecule has 2 heterocycles. The van der Waals surface area contributed by atoms with E-state index in [9.17, 15) is 18.4 Å². The van der Waals surface area contributed by atoms with Crippen LogP contribution >= 0.6 is 11.6 Å². The van der Waals surface area contributed by atoms with E-state index in [1.165, 1.54) is 53.4 Å². The fourth-order valence-electron chi connectivity index (χ4n) is 5.53. The first-order valence-electron chi connectivity index (χ1n) is 12.8. The Morgan fingerprint density at radius 1 is 0.900 bits per heavy atom. The van der Waals surface area contributed by atoms with Gasteiger partial charge in [0, 0.05) is 19.6 Å². The van der Waals surface area contributed by atoms with Crippen LogP contribution in [0.3, 0.4) is 0 Å². The number of rotatable bonds is 5. The van der Waals surface area contributed by atoms with Crippen LogP contribution in [0.5, 0.6) is 0 Å². The molecule has 2 aliphatic heterocycles. The van der Waals surface area contributed by atoms with Gasteiger partial charge in [-0.3, -0.25) is 20.6 Å². The standard InChI is InChI=1S/C31H25ClF2N4O2/c32-27-14-5-19(15-26(27)28(39)37-17-20-3-1-2-4-21(20)18-37)16-38-29(40)31(36-30(38)35,22-6-10-24(33)11-7-22)23-8-12-25(34)13-9-23/h1-15,30,36H,16-18,35H2. The number of fused-ring (bicyclic) bond motifs is 1. The highest BCUT2D eigenvalue weighted by Crippen LogP contribution is 2.38. The lowest BCUT2D eigenvalue weighted by Gasteiger charge is -2.29. The average molecular weight is 559 g/mol. The van der Waals surface area contributed by atoms with Crippen LogP contribution in [0.2, 0.25) is 5.02 Å². The molecule has 40 heavy (non-hydrogen) atoms. The Labute approximate surface area is 235 Å². The highest BCUT2D eigenvalue weighted by Gasteiger charge is 2.52. The number of nitrogens with two attached hydrogens (primary N) is 1. The van der Waals surface area contributed by atoms with E-state index >= 15 is 0 Å².